The van der Waals surface area contributed by atoms with E-state index in [1.54, 1.807) is 0 Å². The van der Waals surface area contributed by atoms with Crippen molar-refractivity contribution in [2.24, 2.45) is 10.8 Å². The van der Waals surface area contributed by atoms with E-state index in [2.05, 4.69) is 43.0 Å². The molecule has 0 radical (unpaired) electrons. The normalized spacial score (nSPS) is 11.5. The summed E-state index contributed by atoms with van der Waals surface area (Å²) in [6.07, 6.45) is 0. The van der Waals surface area contributed by atoms with Crippen LogP contribution in [-0.4, -0.2) is 15.2 Å². The van der Waals surface area contributed by atoms with Gasteiger partial charge in [0.05, 0.1) is 20.8 Å². The van der Waals surface area contributed by atoms with Crippen LogP contribution in [0.25, 0.3) is 0 Å². The molecular weight excluding hydrogens is 284 g/mol. The van der Waals surface area contributed by atoms with Crippen LogP contribution >= 0.6 is 39.7 Å². The number of hydrazone groups is 1. The molecule has 0 aliphatic carbocycles. The highest BCUT2D eigenvalue weighted by Gasteiger charge is 2.10. The van der Waals surface area contributed by atoms with Crippen molar-refractivity contribution in [2.75, 3.05) is 0 Å². The van der Waals surface area contributed by atoms with Gasteiger partial charge in [0, 0.05) is 0 Å². The zero-order valence-electron chi connectivity index (χ0n) is 7.67. The number of thiocarbonyl (C=S) groups is 1. The number of nitrogens with two attached hydrogens (primary N) is 1. The van der Waals surface area contributed by atoms with Gasteiger partial charge in [-0.3, -0.25) is 5.43 Å². The predicted molar refractivity (Wildman–Crippen MR) is 66.7 cm³/mol. The molecule has 0 atom stereocenters. The molecule has 0 aliphatic rings. The third-order valence-corrected chi connectivity index (χ3v) is 3.82. The Labute approximate surface area is 99.9 Å². The SMILES string of the molecule is C/C(=N\NC(N)=S)c1snc(C)c1Br. The van der Waals surface area contributed by atoms with E-state index in [9.17, 15) is 0 Å². The molecule has 1 aromatic rings. The first-order valence-electron chi connectivity index (χ1n) is 3.74. The smallest absolute Gasteiger partial charge is 0.184 e. The minimum atomic E-state index is 0.154. The number of nitrogens with zero attached hydrogens (tertiary/aromatic N) is 2. The van der Waals surface area contributed by atoms with Crippen LogP contribution < -0.4 is 11.2 Å². The number of rotatable bonds is 2. The van der Waals surface area contributed by atoms with Crippen LogP contribution in [0.1, 0.15) is 17.5 Å². The van der Waals surface area contributed by atoms with Crippen LogP contribution in [0.15, 0.2) is 9.57 Å². The van der Waals surface area contributed by atoms with Crippen molar-refractivity contribution in [1.29, 1.82) is 0 Å². The first-order valence-corrected chi connectivity index (χ1v) is 5.71. The molecule has 1 rings (SSSR count). The van der Waals surface area contributed by atoms with Gasteiger partial charge >= 0.3 is 0 Å². The van der Waals surface area contributed by atoms with Crippen LogP contribution in [0.5, 0.6) is 0 Å². The van der Waals surface area contributed by atoms with Crippen molar-refractivity contribution in [3.63, 3.8) is 0 Å². The molecule has 0 saturated carbocycles. The van der Waals surface area contributed by atoms with Crippen LogP contribution in [0.2, 0.25) is 0 Å². The van der Waals surface area contributed by atoms with E-state index >= 15 is 0 Å². The second-order valence-electron chi connectivity index (χ2n) is 2.58. The van der Waals surface area contributed by atoms with E-state index in [4.69, 9.17) is 5.73 Å². The predicted octanol–water partition coefficient (Wildman–Crippen LogP) is 1.77. The number of aryl methyl sites for hydroxylation is 1. The van der Waals surface area contributed by atoms with Gasteiger partial charge < -0.3 is 5.73 Å². The molecule has 0 unspecified atom stereocenters. The first-order chi connectivity index (χ1) is 6.52. The molecular formula is C7H9BrN4S2. The molecule has 0 amide bonds. The Bertz CT molecular complexity index is 385. The monoisotopic (exact) mass is 292 g/mol. The third kappa shape index (κ3) is 2.73. The molecule has 0 spiro atoms. The summed E-state index contributed by atoms with van der Waals surface area (Å²) in [5.41, 5.74) is 9.54. The summed E-state index contributed by atoms with van der Waals surface area (Å²) in [6.45, 7) is 3.79. The van der Waals surface area contributed by atoms with Gasteiger partial charge in [0.15, 0.2) is 5.11 Å². The van der Waals surface area contributed by atoms with Crippen LogP contribution in [0.3, 0.4) is 0 Å². The Kier molecular flexibility index (Phi) is 3.97. The molecule has 0 aromatic carbocycles. The largest absolute Gasteiger partial charge is 0.375 e. The summed E-state index contributed by atoms with van der Waals surface area (Å²) >= 11 is 9.45. The molecule has 0 fully saturated rings. The highest BCUT2D eigenvalue weighted by molar-refractivity contribution is 9.10. The average molecular weight is 293 g/mol. The number of hydrogen-bond donors (Lipinski definition) is 2. The fraction of sp³-hybridized carbons (Fsp3) is 0.286. The van der Waals surface area contributed by atoms with Crippen molar-refractivity contribution in [3.05, 3.63) is 15.0 Å². The summed E-state index contributed by atoms with van der Waals surface area (Å²) < 4.78 is 5.15. The summed E-state index contributed by atoms with van der Waals surface area (Å²) in [4.78, 5) is 0.978. The molecule has 0 saturated heterocycles. The van der Waals surface area contributed by atoms with E-state index in [1.807, 2.05) is 13.8 Å². The van der Waals surface area contributed by atoms with Crippen molar-refractivity contribution >= 4 is 50.5 Å². The second-order valence-corrected chi connectivity index (χ2v) is 4.59. The van der Waals surface area contributed by atoms with Gasteiger partial charge in [0.1, 0.15) is 0 Å². The lowest BCUT2D eigenvalue weighted by molar-refractivity contribution is 1.03. The van der Waals surface area contributed by atoms with Gasteiger partial charge in [-0.2, -0.15) is 9.47 Å². The van der Waals surface area contributed by atoms with E-state index in [0.717, 1.165) is 20.8 Å². The zero-order valence-corrected chi connectivity index (χ0v) is 10.9. The van der Waals surface area contributed by atoms with Gasteiger partial charge in [-0.25, -0.2) is 0 Å². The Morgan fingerprint density at radius 3 is 2.79 bits per heavy atom. The van der Waals surface area contributed by atoms with Gasteiger partial charge in [-0.05, 0) is 53.5 Å². The Balaban J connectivity index is 2.89. The number of halogens is 1. The first kappa shape index (κ1) is 11.5. The third-order valence-electron chi connectivity index (χ3n) is 1.45. The standard InChI is InChI=1S/C7H9BrN4S2/c1-3-5(8)6(14-12-3)4(2)10-11-7(9)13/h1-2H3,(H3,9,11,13)/b10-4+. The molecule has 14 heavy (non-hydrogen) atoms. The van der Waals surface area contributed by atoms with Crippen LogP contribution in [0.4, 0.5) is 0 Å². The van der Waals surface area contributed by atoms with Crippen molar-refractivity contribution in [2.45, 2.75) is 13.8 Å². The van der Waals surface area contributed by atoms with Gasteiger partial charge in [-0.1, -0.05) is 0 Å². The number of aromatic nitrogens is 1. The van der Waals surface area contributed by atoms with E-state index < -0.39 is 0 Å². The molecule has 76 valence electrons. The molecule has 1 aromatic heterocycles. The maximum atomic E-state index is 5.25. The Morgan fingerprint density at radius 1 is 1.71 bits per heavy atom. The zero-order chi connectivity index (χ0) is 10.7. The second kappa shape index (κ2) is 4.81. The maximum Gasteiger partial charge on any atom is 0.184 e. The van der Waals surface area contributed by atoms with E-state index in [-0.39, 0.29) is 5.11 Å². The fourth-order valence-corrected chi connectivity index (χ4v) is 2.25. The lowest BCUT2D eigenvalue weighted by Gasteiger charge is -1.98. The minimum Gasteiger partial charge on any atom is -0.375 e. The molecule has 1 heterocycles. The molecule has 3 N–H and O–H groups in total. The van der Waals surface area contributed by atoms with Gasteiger partial charge in [0.2, 0.25) is 0 Å². The summed E-state index contributed by atoms with van der Waals surface area (Å²) in [7, 11) is 0. The quantitative estimate of drug-likeness (QED) is 0.495. The lowest BCUT2D eigenvalue weighted by Crippen LogP contribution is -2.25. The van der Waals surface area contributed by atoms with Crippen LogP contribution in [0, 0.1) is 6.92 Å². The maximum absolute atomic E-state index is 5.25. The molecule has 4 nitrogen and oxygen atoms in total. The Hall–Kier alpha value is -0.530. The molecule has 0 aliphatic heterocycles. The fourth-order valence-electron chi connectivity index (χ4n) is 0.773. The topological polar surface area (TPSA) is 63.3 Å². The number of nitrogens with one attached hydrogen (secondary N) is 1. The van der Waals surface area contributed by atoms with Crippen molar-refractivity contribution < 1.29 is 0 Å². The minimum absolute atomic E-state index is 0.154. The van der Waals surface area contributed by atoms with E-state index in [0.29, 0.717) is 0 Å². The summed E-state index contributed by atoms with van der Waals surface area (Å²) in [6, 6.07) is 0. The number of hydrogen-bond acceptors (Lipinski definition) is 4. The van der Waals surface area contributed by atoms with Gasteiger partial charge in [0.25, 0.3) is 0 Å². The van der Waals surface area contributed by atoms with Crippen LogP contribution in [-0.2, 0) is 0 Å². The molecule has 0 bridgehead atoms. The highest BCUT2D eigenvalue weighted by Crippen LogP contribution is 2.24. The van der Waals surface area contributed by atoms with E-state index in [1.165, 1.54) is 11.5 Å². The van der Waals surface area contributed by atoms with Gasteiger partial charge in [-0.15, -0.1) is 0 Å². The lowest BCUT2D eigenvalue weighted by atomic mass is 10.3. The van der Waals surface area contributed by atoms with Crippen molar-refractivity contribution in [1.82, 2.24) is 9.80 Å². The molecule has 7 heteroatoms. The van der Waals surface area contributed by atoms with Crippen molar-refractivity contribution in [3.8, 4) is 0 Å². The summed E-state index contributed by atoms with van der Waals surface area (Å²) in [5, 5.41) is 4.16. The summed E-state index contributed by atoms with van der Waals surface area (Å²) in [5.74, 6) is 0. The highest BCUT2D eigenvalue weighted by atomic mass is 79.9. The average Bonchev–Trinajstić information content (AvgIpc) is 2.44. The Morgan fingerprint density at radius 2 is 2.36 bits per heavy atom.